The molecule has 0 atom stereocenters. The Labute approximate surface area is 163 Å². The van der Waals surface area contributed by atoms with Gasteiger partial charge in [0, 0.05) is 44.5 Å². The van der Waals surface area contributed by atoms with Gasteiger partial charge in [0.1, 0.15) is 16.5 Å². The highest BCUT2D eigenvalue weighted by Crippen LogP contribution is 2.22. The van der Waals surface area contributed by atoms with Gasteiger partial charge in [0.05, 0.1) is 0 Å². The number of pyridine rings is 1. The van der Waals surface area contributed by atoms with Crippen molar-refractivity contribution in [2.24, 2.45) is 0 Å². The van der Waals surface area contributed by atoms with E-state index in [1.54, 1.807) is 24.3 Å². The zero-order valence-electron chi connectivity index (χ0n) is 15.4. The zero-order valence-corrected chi connectivity index (χ0v) is 16.2. The molecule has 7 nitrogen and oxygen atoms in total. The number of nitrogens with one attached hydrogen (secondary N) is 1. The Bertz CT molecular complexity index is 886. The summed E-state index contributed by atoms with van der Waals surface area (Å²) < 4.78 is 56.3. The van der Waals surface area contributed by atoms with Crippen molar-refractivity contribution in [1.82, 2.24) is 14.2 Å². The van der Waals surface area contributed by atoms with E-state index in [0.29, 0.717) is 37.6 Å². The maximum atomic E-state index is 12.7. The van der Waals surface area contributed by atoms with E-state index in [1.807, 2.05) is 7.05 Å². The van der Waals surface area contributed by atoms with Crippen molar-refractivity contribution in [3.8, 4) is 5.75 Å². The first-order valence-electron chi connectivity index (χ1n) is 8.77. The average molecular weight is 412 g/mol. The predicted octanol–water partition coefficient (Wildman–Crippen LogP) is 2.23. The number of hydrogen-bond acceptors (Lipinski definition) is 6. The molecule has 152 valence electrons. The number of sulfonamides is 1. The first kappa shape index (κ1) is 20.4. The number of ether oxygens (including phenoxy) is 1. The van der Waals surface area contributed by atoms with Crippen LogP contribution in [0.25, 0.3) is 0 Å². The van der Waals surface area contributed by atoms with Crippen LogP contribution >= 0.6 is 0 Å². The van der Waals surface area contributed by atoms with Gasteiger partial charge in [-0.15, -0.1) is 0 Å². The number of rotatable bonds is 7. The molecule has 0 radical (unpaired) electrons. The number of para-hydroxylation sites is 1. The van der Waals surface area contributed by atoms with E-state index in [4.69, 9.17) is 0 Å². The van der Waals surface area contributed by atoms with Crippen molar-refractivity contribution in [3.63, 3.8) is 0 Å². The number of anilines is 1. The van der Waals surface area contributed by atoms with Gasteiger partial charge in [0.15, 0.2) is 0 Å². The van der Waals surface area contributed by atoms with Gasteiger partial charge in [0.25, 0.3) is 0 Å². The summed E-state index contributed by atoms with van der Waals surface area (Å²) in [6.07, 6.45) is 1.30. The minimum Gasteiger partial charge on any atom is -0.434 e. The monoisotopic (exact) mass is 412 g/mol. The minimum atomic E-state index is -3.58. The van der Waals surface area contributed by atoms with Gasteiger partial charge in [-0.2, -0.15) is 13.1 Å². The van der Waals surface area contributed by atoms with Crippen molar-refractivity contribution in [1.29, 1.82) is 0 Å². The van der Waals surface area contributed by atoms with Crippen LogP contribution in [0.2, 0.25) is 0 Å². The van der Waals surface area contributed by atoms with E-state index in [-0.39, 0.29) is 17.2 Å². The lowest BCUT2D eigenvalue weighted by Crippen LogP contribution is -2.47. The second kappa shape index (κ2) is 8.80. The largest absolute Gasteiger partial charge is 0.434 e. The fourth-order valence-electron chi connectivity index (χ4n) is 2.86. The fraction of sp³-hybridized carbons (Fsp3) is 0.389. The molecule has 0 aliphatic carbocycles. The molecule has 0 saturated carbocycles. The maximum Gasteiger partial charge on any atom is 0.387 e. The molecular formula is C18H22F2N4O3S. The molecule has 0 spiro atoms. The third-order valence-corrected chi connectivity index (χ3v) is 6.37. The molecule has 28 heavy (non-hydrogen) atoms. The lowest BCUT2D eigenvalue weighted by Gasteiger charge is -2.31. The third-order valence-electron chi connectivity index (χ3n) is 4.48. The van der Waals surface area contributed by atoms with E-state index in [2.05, 4.69) is 19.9 Å². The van der Waals surface area contributed by atoms with Crippen LogP contribution in [0, 0.1) is 0 Å². The molecule has 0 bridgehead atoms. The van der Waals surface area contributed by atoms with Crippen molar-refractivity contribution in [2.45, 2.75) is 18.1 Å². The van der Waals surface area contributed by atoms with E-state index >= 15 is 0 Å². The first-order valence-corrected chi connectivity index (χ1v) is 10.2. The van der Waals surface area contributed by atoms with Crippen LogP contribution in [0.3, 0.4) is 0 Å². The Kier molecular flexibility index (Phi) is 6.42. The average Bonchev–Trinajstić information content (AvgIpc) is 2.67. The first-order chi connectivity index (χ1) is 13.4. The van der Waals surface area contributed by atoms with Gasteiger partial charge in [-0.3, -0.25) is 0 Å². The van der Waals surface area contributed by atoms with Gasteiger partial charge in [-0.1, -0.05) is 18.2 Å². The Morgan fingerprint density at radius 1 is 1.14 bits per heavy atom. The van der Waals surface area contributed by atoms with Crippen LogP contribution in [0.1, 0.15) is 5.56 Å². The predicted molar refractivity (Wildman–Crippen MR) is 101 cm³/mol. The topological polar surface area (TPSA) is 74.8 Å². The number of aromatic nitrogens is 1. The van der Waals surface area contributed by atoms with Gasteiger partial charge >= 0.3 is 6.61 Å². The SMILES string of the molecule is CN1CCN(S(=O)(=O)c2ccc(NCc3ccccc3OC(F)F)nc2)CC1. The Hall–Kier alpha value is -2.30. The summed E-state index contributed by atoms with van der Waals surface area (Å²) in [7, 11) is -1.62. The second-order valence-electron chi connectivity index (χ2n) is 6.43. The normalized spacial score (nSPS) is 16.3. The van der Waals surface area contributed by atoms with E-state index in [1.165, 1.54) is 22.6 Å². The number of nitrogens with zero attached hydrogens (tertiary/aromatic N) is 3. The quantitative estimate of drug-likeness (QED) is 0.752. The standard InChI is InChI=1S/C18H22F2N4O3S/c1-23-8-10-24(11-9-23)28(25,26)15-6-7-17(22-13-15)21-12-14-4-2-3-5-16(14)27-18(19)20/h2-7,13,18H,8-12H2,1H3,(H,21,22). The summed E-state index contributed by atoms with van der Waals surface area (Å²) in [5, 5.41) is 2.99. The number of halogens is 2. The molecule has 1 N–H and O–H groups in total. The van der Waals surface area contributed by atoms with Crippen LogP contribution in [-0.4, -0.2) is 62.4 Å². The highest BCUT2D eigenvalue weighted by molar-refractivity contribution is 7.89. The van der Waals surface area contributed by atoms with Crippen LogP contribution in [-0.2, 0) is 16.6 Å². The summed E-state index contributed by atoms with van der Waals surface area (Å²) >= 11 is 0. The lowest BCUT2D eigenvalue weighted by atomic mass is 10.2. The summed E-state index contributed by atoms with van der Waals surface area (Å²) in [4.78, 5) is 6.35. The second-order valence-corrected chi connectivity index (χ2v) is 8.36. The molecule has 3 rings (SSSR count). The van der Waals surface area contributed by atoms with Crippen molar-refractivity contribution in [3.05, 3.63) is 48.2 Å². The highest BCUT2D eigenvalue weighted by atomic mass is 32.2. The van der Waals surface area contributed by atoms with E-state index in [0.717, 1.165) is 0 Å². The fourth-order valence-corrected chi connectivity index (χ4v) is 4.23. The molecular weight excluding hydrogens is 390 g/mol. The van der Waals surface area contributed by atoms with Crippen molar-refractivity contribution < 1.29 is 21.9 Å². The lowest BCUT2D eigenvalue weighted by molar-refractivity contribution is -0.0504. The van der Waals surface area contributed by atoms with Gasteiger partial charge in [-0.25, -0.2) is 13.4 Å². The molecule has 2 heterocycles. The molecule has 2 aromatic rings. The van der Waals surface area contributed by atoms with Crippen LogP contribution < -0.4 is 10.1 Å². The summed E-state index contributed by atoms with van der Waals surface area (Å²) in [6.45, 7) is -0.433. The molecule has 1 aliphatic heterocycles. The van der Waals surface area contributed by atoms with Crippen molar-refractivity contribution in [2.75, 3.05) is 38.5 Å². The van der Waals surface area contributed by atoms with E-state index < -0.39 is 16.6 Å². The third kappa shape index (κ3) is 4.94. The molecule has 0 amide bonds. The minimum absolute atomic E-state index is 0.0827. The number of hydrogen-bond donors (Lipinski definition) is 1. The summed E-state index contributed by atoms with van der Waals surface area (Å²) in [5.74, 6) is 0.517. The molecule has 1 fully saturated rings. The Morgan fingerprint density at radius 2 is 1.86 bits per heavy atom. The molecule has 10 heteroatoms. The summed E-state index contributed by atoms with van der Waals surface area (Å²) in [6, 6.07) is 9.50. The van der Waals surface area contributed by atoms with Crippen molar-refractivity contribution >= 4 is 15.8 Å². The van der Waals surface area contributed by atoms with Gasteiger partial charge in [0.2, 0.25) is 10.0 Å². The molecule has 1 aliphatic rings. The van der Waals surface area contributed by atoms with E-state index in [9.17, 15) is 17.2 Å². The van der Waals surface area contributed by atoms with Gasteiger partial charge in [-0.05, 0) is 25.2 Å². The van der Waals surface area contributed by atoms with Gasteiger partial charge < -0.3 is 15.0 Å². The zero-order chi connectivity index (χ0) is 20.1. The van der Waals surface area contributed by atoms with Crippen LogP contribution in [0.5, 0.6) is 5.75 Å². The Morgan fingerprint density at radius 3 is 2.50 bits per heavy atom. The summed E-state index contributed by atoms with van der Waals surface area (Å²) in [5.41, 5.74) is 0.540. The number of alkyl halides is 2. The maximum absolute atomic E-state index is 12.7. The Balaban J connectivity index is 1.65. The smallest absolute Gasteiger partial charge is 0.387 e. The molecule has 1 saturated heterocycles. The number of likely N-dealkylation sites (N-methyl/N-ethyl adjacent to an activating group) is 1. The van der Waals surface area contributed by atoms with Crippen LogP contribution in [0.4, 0.5) is 14.6 Å². The molecule has 1 aromatic carbocycles. The number of benzene rings is 1. The molecule has 1 aromatic heterocycles. The highest BCUT2D eigenvalue weighted by Gasteiger charge is 2.27. The number of piperazine rings is 1. The molecule has 0 unspecified atom stereocenters. The van der Waals surface area contributed by atoms with Crippen LogP contribution in [0.15, 0.2) is 47.5 Å².